The van der Waals surface area contributed by atoms with Gasteiger partial charge in [0, 0.05) is 12.7 Å². The molecule has 0 spiro atoms. The first-order chi connectivity index (χ1) is 14.4. The third-order valence-electron chi connectivity index (χ3n) is 4.80. The molecule has 0 amide bonds. The van der Waals surface area contributed by atoms with Crippen molar-refractivity contribution in [3.63, 3.8) is 0 Å². The minimum absolute atomic E-state index is 0.248. The first kappa shape index (κ1) is 24.3. The van der Waals surface area contributed by atoms with Gasteiger partial charge in [-0.3, -0.25) is 4.79 Å². The van der Waals surface area contributed by atoms with Gasteiger partial charge in [0.25, 0.3) is 0 Å². The quantitative estimate of drug-likeness (QED) is 0.282. The van der Waals surface area contributed by atoms with E-state index in [0.29, 0.717) is 6.61 Å². The van der Waals surface area contributed by atoms with Crippen LogP contribution in [-0.2, 0) is 28.5 Å². The third-order valence-corrected chi connectivity index (χ3v) is 4.80. The zero-order valence-electron chi connectivity index (χ0n) is 18.5. The molecule has 0 N–H and O–H groups in total. The molecule has 1 fully saturated rings. The zero-order valence-corrected chi connectivity index (χ0v) is 18.5. The molecule has 1 aliphatic rings. The predicted octanol–water partition coefficient (Wildman–Crippen LogP) is 4.53. The first-order valence-electron chi connectivity index (χ1n) is 10.8. The summed E-state index contributed by atoms with van der Waals surface area (Å²) in [6, 6.07) is 9.72. The van der Waals surface area contributed by atoms with Gasteiger partial charge in [0.15, 0.2) is 17.7 Å². The predicted molar refractivity (Wildman–Crippen MR) is 114 cm³/mol. The number of rotatable bonds is 12. The highest BCUT2D eigenvalue weighted by Crippen LogP contribution is 2.38. The van der Waals surface area contributed by atoms with Crippen LogP contribution >= 0.6 is 0 Å². The Morgan fingerprint density at radius 1 is 1.07 bits per heavy atom. The van der Waals surface area contributed by atoms with E-state index in [4.69, 9.17) is 18.9 Å². The maximum Gasteiger partial charge on any atom is 0.330 e. The molecule has 0 bridgehead atoms. The van der Waals surface area contributed by atoms with Crippen LogP contribution in [0.4, 0.5) is 0 Å². The average Bonchev–Trinajstić information content (AvgIpc) is 3.05. The topological polar surface area (TPSA) is 71.1 Å². The fourth-order valence-electron chi connectivity index (χ4n) is 3.43. The molecule has 0 unspecified atom stereocenters. The maximum absolute atomic E-state index is 12.8. The van der Waals surface area contributed by atoms with Crippen molar-refractivity contribution in [3.8, 4) is 0 Å². The van der Waals surface area contributed by atoms with E-state index in [9.17, 15) is 9.59 Å². The minimum atomic E-state index is -0.943. The number of carbonyl (C=O) groups is 2. The van der Waals surface area contributed by atoms with Crippen molar-refractivity contribution < 1.29 is 28.5 Å². The Balaban J connectivity index is 2.19. The van der Waals surface area contributed by atoms with E-state index in [2.05, 4.69) is 6.92 Å². The summed E-state index contributed by atoms with van der Waals surface area (Å²) in [6.07, 6.45) is 4.70. The van der Waals surface area contributed by atoms with Crippen molar-refractivity contribution in [1.82, 2.24) is 0 Å². The highest BCUT2D eigenvalue weighted by molar-refractivity contribution is 5.99. The largest absolute Gasteiger partial charge is 0.463 e. The van der Waals surface area contributed by atoms with E-state index in [1.54, 1.807) is 20.8 Å². The van der Waals surface area contributed by atoms with Gasteiger partial charge in [0.2, 0.25) is 0 Å². The summed E-state index contributed by atoms with van der Waals surface area (Å²) in [6.45, 7) is 8.23. The molecule has 6 nitrogen and oxygen atoms in total. The molecule has 3 atom stereocenters. The third kappa shape index (κ3) is 7.35. The summed E-state index contributed by atoms with van der Waals surface area (Å²) in [5, 5.41) is 0. The van der Waals surface area contributed by atoms with Crippen molar-refractivity contribution in [2.45, 2.75) is 77.5 Å². The van der Waals surface area contributed by atoms with Crippen LogP contribution in [0.2, 0.25) is 0 Å². The molecule has 0 aliphatic carbocycles. The average molecular weight is 419 g/mol. The number of ketones is 1. The van der Waals surface area contributed by atoms with Crippen LogP contribution in [-0.4, -0.2) is 43.0 Å². The lowest BCUT2D eigenvalue weighted by atomic mass is 9.97. The molecule has 166 valence electrons. The number of ether oxygens (including phenoxy) is 4. The van der Waals surface area contributed by atoms with E-state index in [0.717, 1.165) is 37.3 Å². The molecule has 2 rings (SSSR count). The van der Waals surface area contributed by atoms with Crippen molar-refractivity contribution in [1.29, 1.82) is 0 Å². The van der Waals surface area contributed by atoms with Crippen LogP contribution in [0, 0.1) is 0 Å². The molecule has 30 heavy (non-hydrogen) atoms. The molecular weight excluding hydrogens is 384 g/mol. The highest BCUT2D eigenvalue weighted by atomic mass is 16.8. The standard InChI is InChI=1S/C24H34O6/c1-5-7-8-12-17-28-21(18-13-10-9-11-14-18)23-22(29-24(3,4)30-23)19(25)15-16-20(26)27-6-2/h9-11,13-16,21-23H,5-8,12,17H2,1-4H3/b16-15+/t21-,22+,23+/m1/s1. The molecule has 1 aliphatic heterocycles. The zero-order chi connectivity index (χ0) is 22.0. The number of hydrogen-bond acceptors (Lipinski definition) is 6. The van der Waals surface area contributed by atoms with Gasteiger partial charge in [-0.1, -0.05) is 56.5 Å². The van der Waals surface area contributed by atoms with E-state index < -0.39 is 30.1 Å². The Morgan fingerprint density at radius 3 is 2.47 bits per heavy atom. The van der Waals surface area contributed by atoms with Gasteiger partial charge in [-0.15, -0.1) is 0 Å². The lowest BCUT2D eigenvalue weighted by molar-refractivity contribution is -0.162. The molecule has 0 aromatic heterocycles. The lowest BCUT2D eigenvalue weighted by Gasteiger charge is -2.26. The fraction of sp³-hybridized carbons (Fsp3) is 0.583. The van der Waals surface area contributed by atoms with Gasteiger partial charge < -0.3 is 18.9 Å². The number of hydrogen-bond donors (Lipinski definition) is 0. The Labute approximate surface area is 179 Å². The van der Waals surface area contributed by atoms with Gasteiger partial charge in [-0.2, -0.15) is 0 Å². The number of benzene rings is 1. The SMILES string of the molecule is CCCCCCO[C@H](c1ccccc1)[C@@H]1OC(C)(C)O[C@H]1C(=O)/C=C/C(=O)OCC. The van der Waals surface area contributed by atoms with Gasteiger partial charge in [0.05, 0.1) is 6.61 Å². The van der Waals surface area contributed by atoms with Crippen molar-refractivity contribution >= 4 is 11.8 Å². The molecule has 6 heteroatoms. The molecule has 1 aromatic rings. The van der Waals surface area contributed by atoms with Crippen LogP contribution in [0.3, 0.4) is 0 Å². The Hall–Kier alpha value is -2.02. The molecule has 1 aromatic carbocycles. The highest BCUT2D eigenvalue weighted by Gasteiger charge is 2.48. The summed E-state index contributed by atoms with van der Waals surface area (Å²) in [5.41, 5.74) is 0.923. The second-order valence-electron chi connectivity index (χ2n) is 7.77. The van der Waals surface area contributed by atoms with E-state index >= 15 is 0 Å². The van der Waals surface area contributed by atoms with Crippen LogP contribution in [0.1, 0.15) is 65.0 Å². The normalized spacial score (nSPS) is 21.6. The fourth-order valence-corrected chi connectivity index (χ4v) is 3.43. The molecule has 1 saturated heterocycles. The molecule has 0 radical (unpaired) electrons. The monoisotopic (exact) mass is 418 g/mol. The summed E-state index contributed by atoms with van der Waals surface area (Å²) >= 11 is 0. The first-order valence-corrected chi connectivity index (χ1v) is 10.8. The lowest BCUT2D eigenvalue weighted by Crippen LogP contribution is -2.36. The number of esters is 1. The summed E-state index contributed by atoms with van der Waals surface area (Å²) in [7, 11) is 0. The molecule has 1 heterocycles. The second-order valence-corrected chi connectivity index (χ2v) is 7.77. The molecular formula is C24H34O6. The summed E-state index contributed by atoms with van der Waals surface area (Å²) in [4.78, 5) is 24.4. The smallest absolute Gasteiger partial charge is 0.330 e. The Kier molecular flexibility index (Phi) is 9.69. The summed E-state index contributed by atoms with van der Waals surface area (Å²) in [5.74, 6) is -1.86. The minimum Gasteiger partial charge on any atom is -0.463 e. The number of carbonyl (C=O) groups excluding carboxylic acids is 2. The van der Waals surface area contributed by atoms with Gasteiger partial charge in [0.1, 0.15) is 12.2 Å². The maximum atomic E-state index is 12.8. The van der Waals surface area contributed by atoms with Gasteiger partial charge in [-0.25, -0.2) is 4.79 Å². The Bertz CT molecular complexity index is 697. The van der Waals surface area contributed by atoms with E-state index in [1.165, 1.54) is 6.08 Å². The van der Waals surface area contributed by atoms with Crippen LogP contribution in [0.15, 0.2) is 42.5 Å². The Morgan fingerprint density at radius 2 is 1.80 bits per heavy atom. The number of unbranched alkanes of at least 4 members (excludes halogenated alkanes) is 3. The van der Waals surface area contributed by atoms with Gasteiger partial charge >= 0.3 is 5.97 Å². The van der Waals surface area contributed by atoms with Crippen molar-refractivity contribution in [2.24, 2.45) is 0 Å². The van der Waals surface area contributed by atoms with E-state index in [1.807, 2.05) is 30.3 Å². The van der Waals surface area contributed by atoms with Crippen LogP contribution < -0.4 is 0 Å². The summed E-state index contributed by atoms with van der Waals surface area (Å²) < 4.78 is 23.1. The van der Waals surface area contributed by atoms with Crippen molar-refractivity contribution in [2.75, 3.05) is 13.2 Å². The van der Waals surface area contributed by atoms with Gasteiger partial charge in [-0.05, 0) is 38.8 Å². The second kappa shape index (κ2) is 12.0. The van der Waals surface area contributed by atoms with Crippen LogP contribution in [0.25, 0.3) is 0 Å². The molecule has 0 saturated carbocycles. The van der Waals surface area contributed by atoms with E-state index in [-0.39, 0.29) is 12.4 Å². The van der Waals surface area contributed by atoms with Crippen LogP contribution in [0.5, 0.6) is 0 Å². The van der Waals surface area contributed by atoms with Crippen molar-refractivity contribution in [3.05, 3.63) is 48.0 Å².